The lowest BCUT2D eigenvalue weighted by Gasteiger charge is -2.27. The molecular weight excluding hydrogens is 252 g/mol. The predicted molar refractivity (Wildman–Crippen MR) is 91.9 cm³/mol. The third-order valence-electron chi connectivity index (χ3n) is 5.99. The molecule has 3 rings (SSSR count). The van der Waals surface area contributed by atoms with Gasteiger partial charge in [-0.25, -0.2) is 0 Å². The first-order chi connectivity index (χ1) is 10.3. The average Bonchev–Trinajstić information content (AvgIpc) is 3.13. The van der Waals surface area contributed by atoms with E-state index in [1.165, 1.54) is 64.2 Å². The van der Waals surface area contributed by atoms with Gasteiger partial charge < -0.3 is 0 Å². The summed E-state index contributed by atoms with van der Waals surface area (Å²) < 4.78 is 0. The smallest absolute Gasteiger partial charge is 0.0125 e. The molecule has 21 heavy (non-hydrogen) atoms. The normalized spacial score (nSPS) is 27.4. The second-order valence-corrected chi connectivity index (χ2v) is 7.48. The van der Waals surface area contributed by atoms with Crippen molar-refractivity contribution in [2.75, 3.05) is 0 Å². The highest BCUT2D eigenvalue weighted by Gasteiger charge is 2.41. The lowest BCUT2D eigenvalue weighted by Crippen LogP contribution is -2.13. The van der Waals surface area contributed by atoms with Gasteiger partial charge in [-0.1, -0.05) is 51.3 Å². The van der Waals surface area contributed by atoms with Gasteiger partial charge in [0.1, 0.15) is 0 Å². The quantitative estimate of drug-likeness (QED) is 0.553. The van der Waals surface area contributed by atoms with Gasteiger partial charge in [-0.05, 0) is 79.4 Å². The van der Waals surface area contributed by atoms with Crippen LogP contribution < -0.4 is 0 Å². The van der Waals surface area contributed by atoms with E-state index in [0.29, 0.717) is 0 Å². The third kappa shape index (κ3) is 3.20. The maximum absolute atomic E-state index is 2.44. The third-order valence-corrected chi connectivity index (χ3v) is 5.99. The molecule has 0 radical (unpaired) electrons. The summed E-state index contributed by atoms with van der Waals surface area (Å²) >= 11 is 0. The Hall–Kier alpha value is -0.780. The molecule has 2 bridgehead atoms. The van der Waals surface area contributed by atoms with Crippen molar-refractivity contribution in [3.05, 3.63) is 34.9 Å². The zero-order chi connectivity index (χ0) is 14.7. The summed E-state index contributed by atoms with van der Waals surface area (Å²) in [5.74, 6) is 2.97. The number of aryl methyl sites for hydroxylation is 2. The minimum atomic E-state index is 0.906. The van der Waals surface area contributed by atoms with Crippen LogP contribution in [0.3, 0.4) is 0 Å². The molecule has 0 amide bonds. The zero-order valence-corrected chi connectivity index (χ0v) is 14.0. The van der Waals surface area contributed by atoms with E-state index in [1.807, 2.05) is 5.56 Å². The Morgan fingerprint density at radius 2 is 1.57 bits per heavy atom. The molecule has 3 atom stereocenters. The van der Waals surface area contributed by atoms with E-state index in [4.69, 9.17) is 0 Å². The molecule has 0 spiro atoms. The van der Waals surface area contributed by atoms with Gasteiger partial charge in [0, 0.05) is 0 Å². The van der Waals surface area contributed by atoms with E-state index in [0.717, 1.165) is 17.8 Å². The van der Waals surface area contributed by atoms with Gasteiger partial charge >= 0.3 is 0 Å². The highest BCUT2D eigenvalue weighted by molar-refractivity contribution is 5.40. The fourth-order valence-corrected chi connectivity index (χ4v) is 4.91. The van der Waals surface area contributed by atoms with Gasteiger partial charge in [-0.15, -0.1) is 0 Å². The topological polar surface area (TPSA) is 0 Å². The standard InChI is InChI=1S/C21H32/c1-3-5-8-17-10-7-11-18(9-6-4-2)21(17)20-15-16-12-13-19(20)14-16/h7,10-11,16,19-20H,3-6,8-9,12-15H2,1-2H3. The largest absolute Gasteiger partial charge is 0.0654 e. The minimum absolute atomic E-state index is 0.906. The molecule has 0 aromatic heterocycles. The van der Waals surface area contributed by atoms with Crippen molar-refractivity contribution < 1.29 is 0 Å². The monoisotopic (exact) mass is 284 g/mol. The lowest BCUT2D eigenvalue weighted by atomic mass is 9.77. The van der Waals surface area contributed by atoms with Gasteiger partial charge in [0.15, 0.2) is 0 Å². The van der Waals surface area contributed by atoms with Gasteiger partial charge in [0.25, 0.3) is 0 Å². The van der Waals surface area contributed by atoms with Crippen molar-refractivity contribution in [1.82, 2.24) is 0 Å². The lowest BCUT2D eigenvalue weighted by molar-refractivity contribution is 0.415. The molecule has 1 aromatic rings. The Kier molecular flexibility index (Phi) is 5.03. The van der Waals surface area contributed by atoms with E-state index >= 15 is 0 Å². The van der Waals surface area contributed by atoms with Crippen LogP contribution >= 0.6 is 0 Å². The molecule has 2 saturated carbocycles. The first-order valence-electron chi connectivity index (χ1n) is 9.44. The second kappa shape index (κ2) is 6.99. The van der Waals surface area contributed by atoms with Crippen molar-refractivity contribution in [2.45, 2.75) is 84.0 Å². The molecule has 3 unspecified atom stereocenters. The van der Waals surface area contributed by atoms with Crippen molar-refractivity contribution in [3.8, 4) is 0 Å². The van der Waals surface area contributed by atoms with Gasteiger partial charge in [0.05, 0.1) is 0 Å². The maximum atomic E-state index is 2.44. The summed E-state index contributed by atoms with van der Waals surface area (Å²) in [4.78, 5) is 0. The van der Waals surface area contributed by atoms with Crippen LogP contribution in [0.2, 0.25) is 0 Å². The van der Waals surface area contributed by atoms with E-state index in [9.17, 15) is 0 Å². The van der Waals surface area contributed by atoms with Crippen LogP contribution in [-0.4, -0.2) is 0 Å². The van der Waals surface area contributed by atoms with E-state index in [2.05, 4.69) is 32.0 Å². The van der Waals surface area contributed by atoms with Crippen molar-refractivity contribution in [1.29, 1.82) is 0 Å². The van der Waals surface area contributed by atoms with Crippen LogP contribution in [0, 0.1) is 11.8 Å². The van der Waals surface area contributed by atoms with Crippen LogP contribution in [0.25, 0.3) is 0 Å². The molecule has 0 saturated heterocycles. The minimum Gasteiger partial charge on any atom is -0.0654 e. The van der Waals surface area contributed by atoms with Crippen molar-refractivity contribution in [3.63, 3.8) is 0 Å². The zero-order valence-electron chi connectivity index (χ0n) is 14.0. The predicted octanol–water partition coefficient (Wildman–Crippen LogP) is 6.28. The van der Waals surface area contributed by atoms with Crippen LogP contribution in [0.1, 0.15) is 87.8 Å². The number of benzene rings is 1. The molecule has 0 nitrogen and oxygen atoms in total. The first kappa shape index (κ1) is 15.1. The van der Waals surface area contributed by atoms with Crippen LogP contribution in [0.5, 0.6) is 0 Å². The number of fused-ring (bicyclic) bond motifs is 2. The summed E-state index contributed by atoms with van der Waals surface area (Å²) in [6.45, 7) is 4.64. The highest BCUT2D eigenvalue weighted by Crippen LogP contribution is 2.54. The first-order valence-corrected chi connectivity index (χ1v) is 9.44. The summed E-state index contributed by atoms with van der Waals surface area (Å²) in [7, 11) is 0. The number of hydrogen-bond donors (Lipinski definition) is 0. The Morgan fingerprint density at radius 1 is 0.905 bits per heavy atom. The molecule has 0 heterocycles. The summed E-state index contributed by atoms with van der Waals surface area (Å²) in [5.41, 5.74) is 5.21. The summed E-state index contributed by atoms with van der Waals surface area (Å²) in [6, 6.07) is 7.20. The summed E-state index contributed by atoms with van der Waals surface area (Å²) in [6.07, 6.45) is 14.0. The van der Waals surface area contributed by atoms with Crippen LogP contribution in [0.15, 0.2) is 18.2 Å². The molecule has 2 aliphatic carbocycles. The molecule has 0 aliphatic heterocycles. The number of hydrogen-bond acceptors (Lipinski definition) is 0. The van der Waals surface area contributed by atoms with Gasteiger partial charge in [-0.2, -0.15) is 0 Å². The molecular formula is C21H32. The SMILES string of the molecule is CCCCc1cccc(CCCC)c1C1CC2CCC1C2. The Labute approximate surface area is 131 Å². The Bertz CT molecular complexity index is 433. The van der Waals surface area contributed by atoms with Crippen molar-refractivity contribution in [2.24, 2.45) is 11.8 Å². The molecule has 1 aromatic carbocycles. The summed E-state index contributed by atoms with van der Waals surface area (Å²) in [5, 5.41) is 0. The Morgan fingerprint density at radius 3 is 2.05 bits per heavy atom. The van der Waals surface area contributed by atoms with E-state index < -0.39 is 0 Å². The maximum Gasteiger partial charge on any atom is -0.0125 e. The average molecular weight is 284 g/mol. The van der Waals surface area contributed by atoms with Crippen LogP contribution in [-0.2, 0) is 12.8 Å². The molecule has 0 heteroatoms. The van der Waals surface area contributed by atoms with Gasteiger partial charge in [0.2, 0.25) is 0 Å². The second-order valence-electron chi connectivity index (χ2n) is 7.48. The van der Waals surface area contributed by atoms with Crippen LogP contribution in [0.4, 0.5) is 0 Å². The fourth-order valence-electron chi connectivity index (χ4n) is 4.91. The number of unbranched alkanes of at least 4 members (excludes halogenated alkanes) is 2. The van der Waals surface area contributed by atoms with E-state index in [1.54, 1.807) is 11.1 Å². The van der Waals surface area contributed by atoms with Crippen molar-refractivity contribution >= 4 is 0 Å². The van der Waals surface area contributed by atoms with E-state index in [-0.39, 0.29) is 0 Å². The highest BCUT2D eigenvalue weighted by atomic mass is 14.5. The number of rotatable bonds is 7. The Balaban J connectivity index is 1.89. The molecule has 2 fully saturated rings. The molecule has 116 valence electrons. The van der Waals surface area contributed by atoms with Gasteiger partial charge in [-0.3, -0.25) is 0 Å². The fraction of sp³-hybridized carbons (Fsp3) is 0.714. The molecule has 0 N–H and O–H groups in total. The molecule has 2 aliphatic rings.